The number of hydrogen-bond acceptors (Lipinski definition) is 3. The lowest BCUT2D eigenvalue weighted by molar-refractivity contribution is -0.130. The molecule has 0 aromatic carbocycles. The van der Waals surface area contributed by atoms with Crippen molar-refractivity contribution in [2.45, 2.75) is 19.4 Å². The molecule has 0 bridgehead atoms. The van der Waals surface area contributed by atoms with E-state index < -0.39 is 0 Å². The molecule has 2 saturated heterocycles. The fourth-order valence-corrected chi connectivity index (χ4v) is 1.21. The molecule has 4 nitrogen and oxygen atoms in total. The Bertz CT molecular complexity index is 154. The lowest BCUT2D eigenvalue weighted by atomic mass is 9.96. The SMILES string of the molecule is CC.O=C1CNC2(CN1)COC2. The Labute approximate surface area is 72.7 Å². The number of carbonyl (C=O) groups excluding carboxylic acids is 1. The van der Waals surface area contributed by atoms with Crippen molar-refractivity contribution in [3.05, 3.63) is 0 Å². The van der Waals surface area contributed by atoms with Crippen molar-refractivity contribution in [1.82, 2.24) is 10.6 Å². The van der Waals surface area contributed by atoms with Crippen LogP contribution in [0, 0.1) is 0 Å². The zero-order valence-corrected chi connectivity index (χ0v) is 7.64. The first-order chi connectivity index (χ1) is 5.81. The van der Waals surface area contributed by atoms with E-state index in [0.29, 0.717) is 13.1 Å². The average Bonchev–Trinajstić information content (AvgIpc) is 2.07. The maximum atomic E-state index is 10.7. The van der Waals surface area contributed by atoms with Gasteiger partial charge in [-0.25, -0.2) is 0 Å². The summed E-state index contributed by atoms with van der Waals surface area (Å²) in [6.07, 6.45) is 0. The van der Waals surface area contributed by atoms with Gasteiger partial charge in [-0.15, -0.1) is 0 Å². The average molecular weight is 172 g/mol. The predicted octanol–water partition coefficient (Wildman–Crippen LogP) is -0.499. The van der Waals surface area contributed by atoms with Gasteiger partial charge in [0.15, 0.2) is 0 Å². The quantitative estimate of drug-likeness (QED) is 0.518. The van der Waals surface area contributed by atoms with Crippen LogP contribution in [-0.2, 0) is 9.53 Å². The van der Waals surface area contributed by atoms with E-state index in [0.717, 1.165) is 13.2 Å². The number of hydrogen-bond donors (Lipinski definition) is 2. The van der Waals surface area contributed by atoms with Crippen LogP contribution in [0.5, 0.6) is 0 Å². The predicted molar refractivity (Wildman–Crippen MR) is 45.9 cm³/mol. The van der Waals surface area contributed by atoms with Gasteiger partial charge < -0.3 is 10.1 Å². The molecule has 0 unspecified atom stereocenters. The summed E-state index contributed by atoms with van der Waals surface area (Å²) in [4.78, 5) is 10.7. The standard InChI is InChI=1S/C6H10N2O2.C2H6/c9-5-1-8-6(2-7-5)3-10-4-6;1-2/h8H,1-4H2,(H,7,9);1-2H3. The van der Waals surface area contributed by atoms with Crippen LogP contribution in [0.3, 0.4) is 0 Å². The Hall–Kier alpha value is -0.610. The molecular formula is C8H16N2O2. The van der Waals surface area contributed by atoms with Gasteiger partial charge in [0.1, 0.15) is 0 Å². The summed E-state index contributed by atoms with van der Waals surface area (Å²) in [5.74, 6) is 0.0810. The summed E-state index contributed by atoms with van der Waals surface area (Å²) < 4.78 is 5.04. The molecule has 2 aliphatic rings. The van der Waals surface area contributed by atoms with Crippen LogP contribution in [0.25, 0.3) is 0 Å². The number of nitrogens with one attached hydrogen (secondary N) is 2. The summed E-state index contributed by atoms with van der Waals surface area (Å²) in [5, 5.41) is 5.94. The fraction of sp³-hybridized carbons (Fsp3) is 0.875. The van der Waals surface area contributed by atoms with Gasteiger partial charge in [0.05, 0.1) is 25.3 Å². The molecule has 1 amide bonds. The molecule has 70 valence electrons. The zero-order valence-electron chi connectivity index (χ0n) is 7.64. The summed E-state index contributed by atoms with van der Waals surface area (Å²) in [5.41, 5.74) is 0.0773. The van der Waals surface area contributed by atoms with Gasteiger partial charge in [-0.3, -0.25) is 10.1 Å². The number of amides is 1. The van der Waals surface area contributed by atoms with Gasteiger partial charge >= 0.3 is 0 Å². The monoisotopic (exact) mass is 172 g/mol. The highest BCUT2D eigenvalue weighted by Crippen LogP contribution is 2.16. The Kier molecular flexibility index (Phi) is 3.05. The highest BCUT2D eigenvalue weighted by Gasteiger charge is 2.40. The number of rotatable bonds is 0. The molecule has 2 heterocycles. The first-order valence-corrected chi connectivity index (χ1v) is 4.40. The van der Waals surface area contributed by atoms with Crippen LogP contribution in [-0.4, -0.2) is 37.7 Å². The van der Waals surface area contributed by atoms with Crippen molar-refractivity contribution >= 4 is 5.91 Å². The van der Waals surface area contributed by atoms with Gasteiger partial charge in [-0.1, -0.05) is 13.8 Å². The molecule has 0 aromatic rings. The van der Waals surface area contributed by atoms with Crippen molar-refractivity contribution in [2.24, 2.45) is 0 Å². The van der Waals surface area contributed by atoms with Crippen LogP contribution < -0.4 is 10.6 Å². The molecular weight excluding hydrogens is 156 g/mol. The smallest absolute Gasteiger partial charge is 0.234 e. The molecule has 0 atom stereocenters. The molecule has 2 N–H and O–H groups in total. The van der Waals surface area contributed by atoms with Crippen molar-refractivity contribution in [1.29, 1.82) is 0 Å². The van der Waals surface area contributed by atoms with Crippen molar-refractivity contribution < 1.29 is 9.53 Å². The fourth-order valence-electron chi connectivity index (χ4n) is 1.21. The highest BCUT2D eigenvalue weighted by molar-refractivity contribution is 5.79. The number of ether oxygens (including phenoxy) is 1. The van der Waals surface area contributed by atoms with E-state index in [-0.39, 0.29) is 11.4 Å². The third kappa shape index (κ3) is 1.76. The minimum absolute atomic E-state index is 0.0773. The normalized spacial score (nSPS) is 25.0. The maximum Gasteiger partial charge on any atom is 0.234 e. The van der Waals surface area contributed by atoms with E-state index in [2.05, 4.69) is 10.6 Å². The Morgan fingerprint density at radius 2 is 2.08 bits per heavy atom. The van der Waals surface area contributed by atoms with Crippen molar-refractivity contribution in [2.75, 3.05) is 26.3 Å². The van der Waals surface area contributed by atoms with Crippen molar-refractivity contribution in [3.63, 3.8) is 0 Å². The first kappa shape index (κ1) is 9.48. The zero-order chi connectivity index (χ0) is 9.03. The molecule has 0 radical (unpaired) electrons. The van der Waals surface area contributed by atoms with Gasteiger partial charge in [0, 0.05) is 6.54 Å². The molecule has 1 spiro atoms. The molecule has 12 heavy (non-hydrogen) atoms. The van der Waals surface area contributed by atoms with E-state index in [1.54, 1.807) is 0 Å². The van der Waals surface area contributed by atoms with E-state index in [1.165, 1.54) is 0 Å². The number of carbonyl (C=O) groups is 1. The summed E-state index contributed by atoms with van der Waals surface area (Å²) >= 11 is 0. The minimum atomic E-state index is 0.0773. The van der Waals surface area contributed by atoms with Crippen LogP contribution in [0.2, 0.25) is 0 Å². The second-order valence-corrected chi connectivity index (χ2v) is 2.90. The molecule has 2 rings (SSSR count). The summed E-state index contributed by atoms with van der Waals surface area (Å²) in [6.45, 7) is 6.61. The Morgan fingerprint density at radius 1 is 1.42 bits per heavy atom. The van der Waals surface area contributed by atoms with Crippen LogP contribution in [0.15, 0.2) is 0 Å². The molecule has 0 saturated carbocycles. The Morgan fingerprint density at radius 3 is 2.42 bits per heavy atom. The largest absolute Gasteiger partial charge is 0.377 e. The molecule has 2 aliphatic heterocycles. The first-order valence-electron chi connectivity index (χ1n) is 4.40. The Balaban J connectivity index is 0.000000336. The van der Waals surface area contributed by atoms with E-state index >= 15 is 0 Å². The third-order valence-electron chi connectivity index (χ3n) is 2.00. The lowest BCUT2D eigenvalue weighted by Crippen LogP contribution is -2.70. The highest BCUT2D eigenvalue weighted by atomic mass is 16.5. The van der Waals surface area contributed by atoms with E-state index in [9.17, 15) is 4.79 Å². The summed E-state index contributed by atoms with van der Waals surface area (Å²) in [7, 11) is 0. The second kappa shape index (κ2) is 3.87. The van der Waals surface area contributed by atoms with Crippen LogP contribution in [0.1, 0.15) is 13.8 Å². The van der Waals surface area contributed by atoms with E-state index in [1.807, 2.05) is 13.8 Å². The number of piperazine rings is 1. The summed E-state index contributed by atoms with van der Waals surface area (Å²) in [6, 6.07) is 0. The van der Waals surface area contributed by atoms with Gasteiger partial charge in [-0.2, -0.15) is 0 Å². The topological polar surface area (TPSA) is 50.4 Å². The maximum absolute atomic E-state index is 10.7. The van der Waals surface area contributed by atoms with Crippen LogP contribution in [0.4, 0.5) is 0 Å². The third-order valence-corrected chi connectivity index (χ3v) is 2.00. The van der Waals surface area contributed by atoms with Gasteiger partial charge in [0.2, 0.25) is 5.91 Å². The lowest BCUT2D eigenvalue weighted by Gasteiger charge is -2.44. The van der Waals surface area contributed by atoms with Gasteiger partial charge in [-0.05, 0) is 0 Å². The van der Waals surface area contributed by atoms with E-state index in [4.69, 9.17) is 4.74 Å². The second-order valence-electron chi connectivity index (χ2n) is 2.90. The molecule has 2 fully saturated rings. The minimum Gasteiger partial charge on any atom is -0.377 e. The van der Waals surface area contributed by atoms with Gasteiger partial charge in [0.25, 0.3) is 0 Å². The molecule has 0 aromatic heterocycles. The molecule has 4 heteroatoms. The van der Waals surface area contributed by atoms with Crippen LogP contribution >= 0.6 is 0 Å². The van der Waals surface area contributed by atoms with Crippen molar-refractivity contribution in [3.8, 4) is 0 Å². The molecule has 0 aliphatic carbocycles.